The van der Waals surface area contributed by atoms with Crippen molar-refractivity contribution in [1.82, 2.24) is 20.5 Å². The normalized spacial score (nSPS) is 21.2. The van der Waals surface area contributed by atoms with E-state index in [1.165, 1.54) is 0 Å². The molecule has 3 heterocycles. The van der Waals surface area contributed by atoms with Gasteiger partial charge in [0.15, 0.2) is 0 Å². The summed E-state index contributed by atoms with van der Waals surface area (Å²) in [5.41, 5.74) is 2.80. The Kier molecular flexibility index (Phi) is 7.55. The lowest BCUT2D eigenvalue weighted by Gasteiger charge is -2.36. The van der Waals surface area contributed by atoms with Crippen molar-refractivity contribution >= 4 is 40.5 Å². The van der Waals surface area contributed by atoms with E-state index in [0.29, 0.717) is 16.6 Å². The van der Waals surface area contributed by atoms with Crippen molar-refractivity contribution in [3.63, 3.8) is 0 Å². The molecule has 32 heavy (non-hydrogen) atoms. The Morgan fingerprint density at radius 2 is 1.97 bits per heavy atom. The number of nitrogens with zero attached hydrogens (tertiary/aromatic N) is 3. The number of hydrogen-bond acceptors (Lipinski definition) is 5. The van der Waals surface area contributed by atoms with E-state index in [1.54, 1.807) is 6.20 Å². The van der Waals surface area contributed by atoms with Gasteiger partial charge in [0.1, 0.15) is 0 Å². The summed E-state index contributed by atoms with van der Waals surface area (Å²) in [4.78, 5) is 21.8. The minimum absolute atomic E-state index is 0.0541. The van der Waals surface area contributed by atoms with Crippen LogP contribution in [0.15, 0.2) is 48.7 Å². The summed E-state index contributed by atoms with van der Waals surface area (Å²) >= 11 is 12.5. The lowest BCUT2D eigenvalue weighted by molar-refractivity contribution is -0.123. The van der Waals surface area contributed by atoms with Gasteiger partial charge in [-0.1, -0.05) is 35.3 Å². The number of carbonyl (C=O) groups is 1. The predicted octanol–water partition coefficient (Wildman–Crippen LogP) is 3.67. The Morgan fingerprint density at radius 3 is 2.72 bits per heavy atom. The number of benzene rings is 1. The molecule has 0 spiro atoms. The first-order valence-electron chi connectivity index (χ1n) is 11.1. The van der Waals surface area contributed by atoms with Gasteiger partial charge in [-0.25, -0.2) is 0 Å². The van der Waals surface area contributed by atoms with E-state index < -0.39 is 0 Å². The molecule has 4 rings (SSSR count). The van der Waals surface area contributed by atoms with Gasteiger partial charge in [0, 0.05) is 45.0 Å². The first-order valence-corrected chi connectivity index (χ1v) is 11.9. The second-order valence-corrected chi connectivity index (χ2v) is 9.09. The Hall–Kier alpha value is -2.28. The maximum atomic E-state index is 12.7. The topological polar surface area (TPSA) is 60.5 Å². The highest BCUT2D eigenvalue weighted by atomic mass is 35.5. The molecule has 6 nitrogen and oxygen atoms in total. The maximum absolute atomic E-state index is 12.7. The molecular formula is C24H29Cl2N5O. The van der Waals surface area contributed by atoms with E-state index in [2.05, 4.69) is 25.4 Å². The van der Waals surface area contributed by atoms with Crippen LogP contribution < -0.4 is 15.5 Å². The zero-order chi connectivity index (χ0) is 22.5. The highest BCUT2D eigenvalue weighted by molar-refractivity contribution is 6.43. The van der Waals surface area contributed by atoms with Gasteiger partial charge in [0.2, 0.25) is 5.91 Å². The largest absolute Gasteiger partial charge is 0.380 e. The van der Waals surface area contributed by atoms with Gasteiger partial charge in [-0.15, -0.1) is 0 Å². The molecule has 0 aliphatic carbocycles. The molecule has 1 amide bonds. The predicted molar refractivity (Wildman–Crippen MR) is 131 cm³/mol. The summed E-state index contributed by atoms with van der Waals surface area (Å²) in [6, 6.07) is 11.6. The van der Waals surface area contributed by atoms with Gasteiger partial charge < -0.3 is 15.5 Å². The Labute approximate surface area is 199 Å². The van der Waals surface area contributed by atoms with Crippen molar-refractivity contribution in [2.24, 2.45) is 5.92 Å². The van der Waals surface area contributed by atoms with Gasteiger partial charge in [0.25, 0.3) is 0 Å². The molecule has 2 aliphatic rings. The Bertz CT molecular complexity index is 960. The molecule has 1 aromatic carbocycles. The molecule has 0 saturated carbocycles. The Morgan fingerprint density at radius 1 is 1.16 bits per heavy atom. The molecule has 2 unspecified atom stereocenters. The highest BCUT2D eigenvalue weighted by Gasteiger charge is 2.30. The van der Waals surface area contributed by atoms with Crippen LogP contribution in [0.1, 0.15) is 19.0 Å². The van der Waals surface area contributed by atoms with Crippen molar-refractivity contribution < 1.29 is 4.79 Å². The number of halogens is 2. The van der Waals surface area contributed by atoms with Crippen molar-refractivity contribution in [3.05, 3.63) is 64.4 Å². The molecule has 0 radical (unpaired) electrons. The molecular weight excluding hydrogens is 445 g/mol. The van der Waals surface area contributed by atoms with E-state index in [4.69, 9.17) is 23.2 Å². The smallest absolute Gasteiger partial charge is 0.229 e. The van der Waals surface area contributed by atoms with E-state index in [0.717, 1.165) is 56.2 Å². The first kappa shape index (κ1) is 22.9. The summed E-state index contributed by atoms with van der Waals surface area (Å²) in [6.07, 6.45) is 4.68. The number of rotatable bonds is 7. The van der Waals surface area contributed by atoms with E-state index in [1.807, 2.05) is 49.4 Å². The van der Waals surface area contributed by atoms with Gasteiger partial charge in [-0.05, 0) is 50.2 Å². The van der Waals surface area contributed by atoms with E-state index in [9.17, 15) is 4.79 Å². The van der Waals surface area contributed by atoms with Crippen molar-refractivity contribution in [2.45, 2.75) is 19.4 Å². The number of carbonyl (C=O) groups excluding carboxylic acids is 1. The second kappa shape index (κ2) is 10.6. The van der Waals surface area contributed by atoms with Gasteiger partial charge in [-0.3, -0.25) is 14.7 Å². The molecule has 1 fully saturated rings. The highest BCUT2D eigenvalue weighted by Crippen LogP contribution is 2.32. The average molecular weight is 474 g/mol. The van der Waals surface area contributed by atoms with Crippen LogP contribution in [0.3, 0.4) is 0 Å². The number of amides is 1. The third kappa shape index (κ3) is 5.37. The molecule has 1 aromatic heterocycles. The van der Waals surface area contributed by atoms with Crippen LogP contribution in [0.5, 0.6) is 0 Å². The molecule has 2 aromatic rings. The van der Waals surface area contributed by atoms with Crippen LogP contribution in [0.4, 0.5) is 5.69 Å². The fourth-order valence-corrected chi connectivity index (χ4v) is 4.69. The van der Waals surface area contributed by atoms with E-state index in [-0.39, 0.29) is 17.9 Å². The summed E-state index contributed by atoms with van der Waals surface area (Å²) < 4.78 is 0. The average Bonchev–Trinajstić information content (AvgIpc) is 3.21. The molecule has 2 atom stereocenters. The molecule has 2 aliphatic heterocycles. The maximum Gasteiger partial charge on any atom is 0.229 e. The number of nitrogens with one attached hydrogen (secondary N) is 2. The van der Waals surface area contributed by atoms with Crippen molar-refractivity contribution in [3.8, 4) is 0 Å². The lowest BCUT2D eigenvalue weighted by Crippen LogP contribution is -2.47. The third-order valence-electron chi connectivity index (χ3n) is 6.11. The number of anilines is 1. The zero-order valence-electron chi connectivity index (χ0n) is 18.2. The number of piperazine rings is 1. The van der Waals surface area contributed by atoms with Gasteiger partial charge in [0.05, 0.1) is 33.0 Å². The van der Waals surface area contributed by atoms with Gasteiger partial charge >= 0.3 is 0 Å². The quantitative estimate of drug-likeness (QED) is 0.600. The van der Waals surface area contributed by atoms with Crippen LogP contribution >= 0.6 is 23.2 Å². The van der Waals surface area contributed by atoms with Crippen molar-refractivity contribution in [2.75, 3.05) is 44.2 Å². The molecule has 170 valence electrons. The summed E-state index contributed by atoms with van der Waals surface area (Å²) in [6.45, 7) is 7.44. The van der Waals surface area contributed by atoms with Crippen LogP contribution in [0.2, 0.25) is 10.0 Å². The van der Waals surface area contributed by atoms with Gasteiger partial charge in [-0.2, -0.15) is 0 Å². The fraction of sp³-hybridized carbons (Fsp3) is 0.417. The van der Waals surface area contributed by atoms with Crippen LogP contribution in [-0.2, 0) is 4.79 Å². The monoisotopic (exact) mass is 473 g/mol. The third-order valence-corrected chi connectivity index (χ3v) is 6.92. The first-order chi connectivity index (χ1) is 15.5. The molecule has 0 bridgehead atoms. The van der Waals surface area contributed by atoms with E-state index >= 15 is 0 Å². The van der Waals surface area contributed by atoms with Crippen LogP contribution in [-0.4, -0.2) is 61.1 Å². The molecule has 8 heteroatoms. The standard InChI is InChI=1S/C24H29Cl2N5O/c1-17-18(16-21(29-17)20-7-2-3-9-27-20)24(32)28-10-5-11-30-12-14-31(15-13-30)22-8-4-6-19(25)23(22)26/h2-4,6-9,16-18,29H,5,10-15H2,1H3,(H,28,32). The summed E-state index contributed by atoms with van der Waals surface area (Å²) in [5, 5.41) is 7.70. The number of aromatic nitrogens is 1. The Balaban J connectivity index is 1.19. The number of pyridine rings is 1. The minimum Gasteiger partial charge on any atom is -0.380 e. The van der Waals surface area contributed by atoms with Crippen LogP contribution in [0, 0.1) is 5.92 Å². The number of hydrogen-bond donors (Lipinski definition) is 2. The van der Waals surface area contributed by atoms with Crippen molar-refractivity contribution in [1.29, 1.82) is 0 Å². The lowest BCUT2D eigenvalue weighted by atomic mass is 10.0. The fourth-order valence-electron chi connectivity index (χ4n) is 4.27. The molecule has 1 saturated heterocycles. The van der Waals surface area contributed by atoms with Crippen LogP contribution in [0.25, 0.3) is 5.70 Å². The second-order valence-electron chi connectivity index (χ2n) is 8.30. The summed E-state index contributed by atoms with van der Waals surface area (Å²) in [5.74, 6) is -0.116. The summed E-state index contributed by atoms with van der Waals surface area (Å²) in [7, 11) is 0. The minimum atomic E-state index is -0.182. The zero-order valence-corrected chi connectivity index (χ0v) is 19.7. The molecule has 2 N–H and O–H groups in total. The SMILES string of the molecule is CC1NC(c2ccccn2)=CC1C(=O)NCCCN1CCN(c2cccc(Cl)c2Cl)CC1.